The van der Waals surface area contributed by atoms with E-state index in [9.17, 15) is 5.21 Å². The minimum absolute atomic E-state index is 0.600. The van der Waals surface area contributed by atoms with E-state index < -0.39 is 0 Å². The average molecular weight is 252 g/mol. The lowest BCUT2D eigenvalue weighted by atomic mass is 10.1. The zero-order valence-corrected chi connectivity index (χ0v) is 10.4. The minimum Gasteiger partial charge on any atom is -0.618 e. The monoisotopic (exact) mass is 252 g/mol. The van der Waals surface area contributed by atoms with Gasteiger partial charge in [-0.1, -0.05) is 0 Å². The molecule has 0 aliphatic rings. The summed E-state index contributed by atoms with van der Waals surface area (Å²) in [5.41, 5.74) is 1.45. The van der Waals surface area contributed by atoms with Crippen LogP contribution in [0.2, 0.25) is 0 Å². The highest BCUT2D eigenvalue weighted by Gasteiger charge is 2.10. The Morgan fingerprint density at radius 2 is 1.89 bits per heavy atom. The Balaban J connectivity index is 2.15. The number of rotatable bonds is 2. The summed E-state index contributed by atoms with van der Waals surface area (Å²) >= 11 is 0. The predicted octanol–water partition coefficient (Wildman–Crippen LogP) is 2.54. The molecule has 1 aromatic carbocycles. The van der Waals surface area contributed by atoms with Gasteiger partial charge in [0, 0.05) is 29.4 Å². The number of methoxy groups -OCH3 is 1. The van der Waals surface area contributed by atoms with Crippen LogP contribution in [-0.4, -0.2) is 12.1 Å². The van der Waals surface area contributed by atoms with E-state index in [2.05, 4.69) is 4.98 Å². The Kier molecular flexibility index (Phi) is 2.76. The predicted molar refractivity (Wildman–Crippen MR) is 72.7 cm³/mol. The maximum absolute atomic E-state index is 12.1. The van der Waals surface area contributed by atoms with Crippen molar-refractivity contribution in [2.24, 2.45) is 0 Å². The van der Waals surface area contributed by atoms with Gasteiger partial charge in [-0.2, -0.15) is 4.73 Å². The highest BCUT2D eigenvalue weighted by molar-refractivity contribution is 5.82. The number of hydrogen-bond acceptors (Lipinski definition) is 3. The van der Waals surface area contributed by atoms with Gasteiger partial charge in [0.1, 0.15) is 5.75 Å². The molecule has 0 bridgehead atoms. The van der Waals surface area contributed by atoms with Crippen molar-refractivity contribution in [3.63, 3.8) is 0 Å². The molecule has 4 heteroatoms. The van der Waals surface area contributed by atoms with Crippen molar-refractivity contribution in [3.8, 4) is 17.0 Å². The van der Waals surface area contributed by atoms with Crippen molar-refractivity contribution in [1.29, 1.82) is 0 Å². The smallest absolute Gasteiger partial charge is 0.224 e. The summed E-state index contributed by atoms with van der Waals surface area (Å²) in [6.07, 6.45) is 4.99. The van der Waals surface area contributed by atoms with Crippen LogP contribution in [0.1, 0.15) is 0 Å². The lowest BCUT2D eigenvalue weighted by molar-refractivity contribution is -0.592. The van der Waals surface area contributed by atoms with Crippen LogP contribution >= 0.6 is 0 Å². The fourth-order valence-corrected chi connectivity index (χ4v) is 2.03. The van der Waals surface area contributed by atoms with E-state index in [1.54, 1.807) is 25.7 Å². The highest BCUT2D eigenvalue weighted by Crippen LogP contribution is 2.22. The molecule has 3 rings (SSSR count). The Labute approximate surface area is 110 Å². The summed E-state index contributed by atoms with van der Waals surface area (Å²) in [4.78, 5) is 4.07. The number of benzene rings is 1. The number of nitrogens with zero attached hydrogens (tertiary/aromatic N) is 2. The number of pyridine rings is 2. The molecular weight excluding hydrogens is 240 g/mol. The van der Waals surface area contributed by atoms with Crippen molar-refractivity contribution >= 4 is 10.8 Å². The largest absolute Gasteiger partial charge is 0.618 e. The molecule has 0 aliphatic heterocycles. The van der Waals surface area contributed by atoms with Gasteiger partial charge in [-0.25, -0.2) is 0 Å². The third-order valence-corrected chi connectivity index (χ3v) is 3.06. The number of hydrogen-bond donors (Lipinski definition) is 0. The van der Waals surface area contributed by atoms with Crippen LogP contribution < -0.4 is 9.47 Å². The Bertz CT molecular complexity index is 724. The van der Waals surface area contributed by atoms with Crippen LogP contribution in [0.4, 0.5) is 0 Å². The van der Waals surface area contributed by atoms with Crippen LogP contribution in [0.3, 0.4) is 0 Å². The molecule has 0 radical (unpaired) electrons. The van der Waals surface area contributed by atoms with Crippen molar-refractivity contribution in [1.82, 2.24) is 4.98 Å². The molecule has 0 atom stereocenters. The maximum Gasteiger partial charge on any atom is 0.224 e. The second-order valence-electron chi connectivity index (χ2n) is 4.22. The van der Waals surface area contributed by atoms with E-state index >= 15 is 0 Å². The highest BCUT2D eigenvalue weighted by atomic mass is 16.5. The van der Waals surface area contributed by atoms with Crippen molar-refractivity contribution in [3.05, 3.63) is 60.2 Å². The van der Waals surface area contributed by atoms with Gasteiger partial charge < -0.3 is 9.94 Å². The summed E-state index contributed by atoms with van der Waals surface area (Å²) in [6, 6.07) is 11.1. The van der Waals surface area contributed by atoms with Crippen LogP contribution in [0.5, 0.6) is 5.75 Å². The average Bonchev–Trinajstić information content (AvgIpc) is 2.47. The Morgan fingerprint density at radius 1 is 1.11 bits per heavy atom. The molecule has 2 heterocycles. The molecule has 94 valence electrons. The van der Waals surface area contributed by atoms with E-state index in [-0.39, 0.29) is 0 Å². The summed E-state index contributed by atoms with van der Waals surface area (Å²) in [5.74, 6) is 0.767. The lowest BCUT2D eigenvalue weighted by Crippen LogP contribution is -2.28. The summed E-state index contributed by atoms with van der Waals surface area (Å²) < 4.78 is 5.99. The summed E-state index contributed by atoms with van der Waals surface area (Å²) in [7, 11) is 1.62. The van der Waals surface area contributed by atoms with Crippen LogP contribution in [-0.2, 0) is 0 Å². The topological polar surface area (TPSA) is 49.1 Å². The zero-order valence-electron chi connectivity index (χ0n) is 10.4. The second kappa shape index (κ2) is 4.57. The molecular formula is C15H12N2O2. The quantitative estimate of drug-likeness (QED) is 0.520. The molecule has 4 nitrogen and oxygen atoms in total. The fraction of sp³-hybridized carbons (Fsp3) is 0.0667. The molecule has 0 spiro atoms. The summed E-state index contributed by atoms with van der Waals surface area (Å²) in [5, 5.41) is 13.9. The molecule has 19 heavy (non-hydrogen) atoms. The first-order chi connectivity index (χ1) is 9.28. The van der Waals surface area contributed by atoms with Crippen LogP contribution in [0, 0.1) is 5.21 Å². The molecule has 0 saturated heterocycles. The van der Waals surface area contributed by atoms with Gasteiger partial charge in [0.05, 0.1) is 12.5 Å². The van der Waals surface area contributed by atoms with E-state index in [0.717, 1.165) is 26.8 Å². The van der Waals surface area contributed by atoms with Crippen molar-refractivity contribution in [2.45, 2.75) is 0 Å². The molecule has 0 saturated carbocycles. The van der Waals surface area contributed by atoms with Gasteiger partial charge >= 0.3 is 0 Å². The maximum atomic E-state index is 12.1. The zero-order chi connectivity index (χ0) is 13.2. The van der Waals surface area contributed by atoms with Gasteiger partial charge in [0.15, 0.2) is 6.20 Å². The second-order valence-corrected chi connectivity index (χ2v) is 4.22. The summed E-state index contributed by atoms with van der Waals surface area (Å²) in [6.45, 7) is 0. The molecule has 2 aromatic heterocycles. The molecule has 3 aromatic rings. The third kappa shape index (κ3) is 2.08. The van der Waals surface area contributed by atoms with Gasteiger partial charge in [0.25, 0.3) is 0 Å². The van der Waals surface area contributed by atoms with E-state index in [1.165, 1.54) is 0 Å². The van der Waals surface area contributed by atoms with Gasteiger partial charge in [-0.3, -0.25) is 4.98 Å². The SMILES string of the molecule is COc1ccc(-c2cc3cnccc3c[n+]2[O-])cc1. The normalized spacial score (nSPS) is 10.6. The molecule has 0 aliphatic carbocycles. The molecule has 0 fully saturated rings. The Hall–Kier alpha value is -2.62. The van der Waals surface area contributed by atoms with Gasteiger partial charge in [-0.05, 0) is 30.3 Å². The molecule has 0 unspecified atom stereocenters. The van der Waals surface area contributed by atoms with E-state index in [1.807, 2.05) is 36.4 Å². The first kappa shape index (κ1) is 11.5. The van der Waals surface area contributed by atoms with Crippen molar-refractivity contribution in [2.75, 3.05) is 7.11 Å². The number of fused-ring (bicyclic) bond motifs is 1. The standard InChI is InChI=1S/C15H12N2O2/c1-19-14-4-2-11(3-5-14)15-8-13-9-16-7-6-12(13)10-17(15)18/h2-10H,1H3. The Morgan fingerprint density at radius 3 is 2.63 bits per heavy atom. The molecule has 0 N–H and O–H groups in total. The number of aromatic nitrogens is 2. The minimum atomic E-state index is 0.600. The third-order valence-electron chi connectivity index (χ3n) is 3.06. The van der Waals surface area contributed by atoms with Crippen molar-refractivity contribution < 1.29 is 9.47 Å². The van der Waals surface area contributed by atoms with Crippen LogP contribution in [0.15, 0.2) is 55.0 Å². The van der Waals surface area contributed by atoms with E-state index in [0.29, 0.717) is 5.69 Å². The molecule has 0 amide bonds. The lowest BCUT2D eigenvalue weighted by Gasteiger charge is -2.07. The van der Waals surface area contributed by atoms with Gasteiger partial charge in [-0.15, -0.1) is 0 Å². The first-order valence-electron chi connectivity index (χ1n) is 5.89. The van der Waals surface area contributed by atoms with E-state index in [4.69, 9.17) is 4.74 Å². The fourth-order valence-electron chi connectivity index (χ4n) is 2.03. The first-order valence-corrected chi connectivity index (χ1v) is 5.89. The number of ether oxygens (including phenoxy) is 1. The van der Waals surface area contributed by atoms with Gasteiger partial charge in [0.2, 0.25) is 5.69 Å². The van der Waals surface area contributed by atoms with Crippen LogP contribution in [0.25, 0.3) is 22.0 Å².